The van der Waals surface area contributed by atoms with Crippen LogP contribution in [0.25, 0.3) is 22.4 Å². The number of amides is 1. The largest absolute Gasteiger partial charge is 0.465 e. The summed E-state index contributed by atoms with van der Waals surface area (Å²) in [5, 5.41) is 10.8. The van der Waals surface area contributed by atoms with Crippen molar-refractivity contribution in [2.45, 2.75) is 6.42 Å². The molecule has 3 rings (SSSR count). The first-order valence-electron chi connectivity index (χ1n) is 7.49. The number of benzene rings is 2. The molecule has 1 amide bonds. The summed E-state index contributed by atoms with van der Waals surface area (Å²) in [7, 11) is 0. The number of aromatic nitrogens is 2. The number of aromatic amines is 1. The van der Waals surface area contributed by atoms with E-state index in [1.807, 2.05) is 30.3 Å². The van der Waals surface area contributed by atoms with Crippen LogP contribution >= 0.6 is 0 Å². The summed E-state index contributed by atoms with van der Waals surface area (Å²) in [4.78, 5) is 17.8. The molecule has 24 heavy (non-hydrogen) atoms. The van der Waals surface area contributed by atoms with Crippen molar-refractivity contribution in [1.82, 2.24) is 15.3 Å². The lowest BCUT2D eigenvalue weighted by atomic mass is 10.0. The SMILES string of the molecule is O=C(O)NCCc1ncc(-c2ccc(-c3cccc(F)c3)cc2)[nH]1. The smallest absolute Gasteiger partial charge is 0.404 e. The van der Waals surface area contributed by atoms with Gasteiger partial charge in [-0.3, -0.25) is 0 Å². The quantitative estimate of drug-likeness (QED) is 0.669. The minimum absolute atomic E-state index is 0.259. The first-order chi connectivity index (χ1) is 11.6. The number of rotatable bonds is 5. The third kappa shape index (κ3) is 3.78. The molecule has 5 nitrogen and oxygen atoms in total. The predicted octanol–water partition coefficient (Wildman–Crippen LogP) is 3.69. The normalized spacial score (nSPS) is 10.5. The fraction of sp³-hybridized carbons (Fsp3) is 0.111. The topological polar surface area (TPSA) is 78.0 Å². The van der Waals surface area contributed by atoms with Crippen molar-refractivity contribution >= 4 is 6.09 Å². The third-order valence-corrected chi connectivity index (χ3v) is 3.62. The summed E-state index contributed by atoms with van der Waals surface area (Å²) < 4.78 is 13.3. The Morgan fingerprint density at radius 2 is 1.88 bits per heavy atom. The Morgan fingerprint density at radius 1 is 1.12 bits per heavy atom. The van der Waals surface area contributed by atoms with Gasteiger partial charge in [-0.15, -0.1) is 0 Å². The van der Waals surface area contributed by atoms with E-state index >= 15 is 0 Å². The summed E-state index contributed by atoms with van der Waals surface area (Å²) in [5.74, 6) is 0.456. The van der Waals surface area contributed by atoms with Crippen LogP contribution in [-0.2, 0) is 6.42 Å². The second-order valence-corrected chi connectivity index (χ2v) is 5.31. The van der Waals surface area contributed by atoms with Gasteiger partial charge in [0.25, 0.3) is 0 Å². The van der Waals surface area contributed by atoms with Crippen molar-refractivity contribution in [2.24, 2.45) is 0 Å². The maximum Gasteiger partial charge on any atom is 0.404 e. The van der Waals surface area contributed by atoms with Crippen LogP contribution in [0.2, 0.25) is 0 Å². The number of carbonyl (C=O) groups is 1. The van der Waals surface area contributed by atoms with Gasteiger partial charge in [0.1, 0.15) is 11.6 Å². The zero-order valence-electron chi connectivity index (χ0n) is 12.8. The van der Waals surface area contributed by atoms with Gasteiger partial charge in [0.05, 0.1) is 11.9 Å². The highest BCUT2D eigenvalue weighted by Gasteiger charge is 2.05. The average Bonchev–Trinajstić information content (AvgIpc) is 3.03. The van der Waals surface area contributed by atoms with Crippen LogP contribution in [0.5, 0.6) is 0 Å². The minimum Gasteiger partial charge on any atom is -0.465 e. The highest BCUT2D eigenvalue weighted by atomic mass is 19.1. The van der Waals surface area contributed by atoms with Crippen LogP contribution in [0.3, 0.4) is 0 Å². The Morgan fingerprint density at radius 3 is 2.58 bits per heavy atom. The second-order valence-electron chi connectivity index (χ2n) is 5.31. The summed E-state index contributed by atoms with van der Waals surface area (Å²) >= 11 is 0. The Labute approximate surface area is 138 Å². The lowest BCUT2D eigenvalue weighted by Crippen LogP contribution is -2.23. The standard InChI is InChI=1S/C18H16FN3O2/c19-15-3-1-2-14(10-15)12-4-6-13(7-5-12)16-11-21-17(22-16)8-9-20-18(23)24/h1-7,10-11,20H,8-9H2,(H,21,22)(H,23,24). The van der Waals surface area contributed by atoms with Crippen LogP contribution in [-0.4, -0.2) is 27.7 Å². The summed E-state index contributed by atoms with van der Waals surface area (Å²) in [6.07, 6.45) is 1.16. The van der Waals surface area contributed by atoms with Gasteiger partial charge in [-0.2, -0.15) is 0 Å². The van der Waals surface area contributed by atoms with Gasteiger partial charge >= 0.3 is 6.09 Å². The first-order valence-corrected chi connectivity index (χ1v) is 7.49. The van der Waals surface area contributed by atoms with E-state index in [-0.39, 0.29) is 5.82 Å². The van der Waals surface area contributed by atoms with Crippen LogP contribution in [0, 0.1) is 5.82 Å². The van der Waals surface area contributed by atoms with E-state index in [9.17, 15) is 9.18 Å². The molecule has 0 unspecified atom stereocenters. The van der Waals surface area contributed by atoms with Gasteiger partial charge < -0.3 is 15.4 Å². The molecule has 1 heterocycles. The van der Waals surface area contributed by atoms with E-state index in [0.717, 1.165) is 22.4 Å². The molecule has 0 saturated carbocycles. The Balaban J connectivity index is 1.72. The van der Waals surface area contributed by atoms with Crippen molar-refractivity contribution in [3.05, 3.63) is 66.4 Å². The van der Waals surface area contributed by atoms with Crippen LogP contribution in [0.15, 0.2) is 54.7 Å². The number of H-pyrrole nitrogens is 1. The van der Waals surface area contributed by atoms with Crippen LogP contribution < -0.4 is 5.32 Å². The molecule has 0 spiro atoms. The molecule has 0 radical (unpaired) electrons. The van der Waals surface area contributed by atoms with E-state index < -0.39 is 6.09 Å². The van der Waals surface area contributed by atoms with Gasteiger partial charge in [0, 0.05) is 13.0 Å². The number of hydrogen-bond donors (Lipinski definition) is 3. The maximum absolute atomic E-state index is 13.3. The van der Waals surface area contributed by atoms with E-state index in [2.05, 4.69) is 15.3 Å². The van der Waals surface area contributed by atoms with Crippen molar-refractivity contribution in [3.63, 3.8) is 0 Å². The molecule has 122 valence electrons. The molecular formula is C18H16FN3O2. The lowest BCUT2D eigenvalue weighted by Gasteiger charge is -2.04. The van der Waals surface area contributed by atoms with E-state index in [0.29, 0.717) is 18.8 Å². The maximum atomic E-state index is 13.3. The van der Waals surface area contributed by atoms with Gasteiger partial charge in [0.2, 0.25) is 0 Å². The number of imidazole rings is 1. The van der Waals surface area contributed by atoms with Crippen molar-refractivity contribution in [2.75, 3.05) is 6.54 Å². The van der Waals surface area contributed by atoms with Crippen LogP contribution in [0.1, 0.15) is 5.82 Å². The van der Waals surface area contributed by atoms with Crippen LogP contribution in [0.4, 0.5) is 9.18 Å². The molecule has 0 aliphatic heterocycles. The molecule has 3 aromatic rings. The summed E-state index contributed by atoms with van der Waals surface area (Å²) in [5.41, 5.74) is 3.57. The molecule has 3 N–H and O–H groups in total. The van der Waals surface area contributed by atoms with Crippen molar-refractivity contribution in [1.29, 1.82) is 0 Å². The van der Waals surface area contributed by atoms with Gasteiger partial charge in [-0.25, -0.2) is 14.2 Å². The van der Waals surface area contributed by atoms with E-state index in [1.54, 1.807) is 12.3 Å². The summed E-state index contributed by atoms with van der Waals surface area (Å²) in [6.45, 7) is 0.306. The van der Waals surface area contributed by atoms with E-state index in [1.165, 1.54) is 12.1 Å². The monoisotopic (exact) mass is 325 g/mol. The fourth-order valence-corrected chi connectivity index (χ4v) is 2.43. The molecule has 0 aliphatic carbocycles. The molecule has 0 aliphatic rings. The molecule has 6 heteroatoms. The molecule has 0 saturated heterocycles. The van der Waals surface area contributed by atoms with Crippen molar-refractivity contribution in [3.8, 4) is 22.4 Å². The summed E-state index contributed by atoms with van der Waals surface area (Å²) in [6, 6.07) is 14.2. The molecular weight excluding hydrogens is 309 g/mol. The number of nitrogens with zero attached hydrogens (tertiary/aromatic N) is 1. The van der Waals surface area contributed by atoms with Gasteiger partial charge in [0.15, 0.2) is 0 Å². The first kappa shape index (κ1) is 15.7. The number of carboxylic acid groups (broad SMARTS) is 1. The Bertz CT molecular complexity index is 843. The molecule has 0 atom stereocenters. The average molecular weight is 325 g/mol. The number of hydrogen-bond acceptors (Lipinski definition) is 2. The fourth-order valence-electron chi connectivity index (χ4n) is 2.43. The molecule has 0 fully saturated rings. The molecule has 1 aromatic heterocycles. The number of halogens is 1. The second kappa shape index (κ2) is 6.95. The zero-order valence-corrected chi connectivity index (χ0v) is 12.8. The molecule has 2 aromatic carbocycles. The minimum atomic E-state index is -1.05. The predicted molar refractivity (Wildman–Crippen MR) is 89.1 cm³/mol. The third-order valence-electron chi connectivity index (χ3n) is 3.62. The van der Waals surface area contributed by atoms with Crippen molar-refractivity contribution < 1.29 is 14.3 Å². The number of nitrogens with one attached hydrogen (secondary N) is 2. The Hall–Kier alpha value is -3.15. The van der Waals surface area contributed by atoms with E-state index in [4.69, 9.17) is 5.11 Å². The van der Waals surface area contributed by atoms with Gasteiger partial charge in [-0.1, -0.05) is 36.4 Å². The zero-order chi connectivity index (χ0) is 16.9. The Kier molecular flexibility index (Phi) is 4.56. The molecule has 0 bridgehead atoms. The lowest BCUT2D eigenvalue weighted by molar-refractivity contribution is 0.194. The highest BCUT2D eigenvalue weighted by Crippen LogP contribution is 2.24. The highest BCUT2D eigenvalue weighted by molar-refractivity contribution is 5.68. The van der Waals surface area contributed by atoms with Gasteiger partial charge in [-0.05, 0) is 28.8 Å².